The van der Waals surface area contributed by atoms with Gasteiger partial charge in [0.25, 0.3) is 0 Å². The molecule has 3 heterocycles. The highest BCUT2D eigenvalue weighted by Gasteiger charge is 2.40. The van der Waals surface area contributed by atoms with Gasteiger partial charge in [-0.15, -0.1) is 0 Å². The summed E-state index contributed by atoms with van der Waals surface area (Å²) in [6.07, 6.45) is -0.0742. The number of aryl methyl sites for hydroxylation is 1. The van der Waals surface area contributed by atoms with E-state index in [-0.39, 0.29) is 34.0 Å². The summed E-state index contributed by atoms with van der Waals surface area (Å²) in [4.78, 5) is 16.2. The van der Waals surface area contributed by atoms with E-state index in [1.54, 1.807) is 20.2 Å². The molecule has 4 rings (SSSR count). The lowest BCUT2D eigenvalue weighted by atomic mass is 10.0. The van der Waals surface area contributed by atoms with Gasteiger partial charge in [0.05, 0.1) is 31.0 Å². The van der Waals surface area contributed by atoms with Crippen LogP contribution in [0.5, 0.6) is 11.6 Å². The van der Waals surface area contributed by atoms with Crippen molar-refractivity contribution in [1.82, 2.24) is 19.9 Å². The summed E-state index contributed by atoms with van der Waals surface area (Å²) in [6.45, 7) is 1.93. The van der Waals surface area contributed by atoms with Gasteiger partial charge < -0.3 is 9.47 Å². The van der Waals surface area contributed by atoms with Gasteiger partial charge >= 0.3 is 6.18 Å². The Kier molecular flexibility index (Phi) is 5.70. The molecule has 31 heavy (non-hydrogen) atoms. The molecule has 3 aromatic heterocycles. The van der Waals surface area contributed by atoms with Crippen LogP contribution in [0.25, 0.3) is 11.1 Å². The van der Waals surface area contributed by atoms with Crippen molar-refractivity contribution in [3.8, 4) is 22.8 Å². The van der Waals surface area contributed by atoms with Crippen molar-refractivity contribution in [2.45, 2.75) is 25.4 Å². The smallest absolute Gasteiger partial charge is 0.418 e. The van der Waals surface area contributed by atoms with Gasteiger partial charge in [-0.1, -0.05) is 11.6 Å². The number of aromatic nitrogens is 4. The Morgan fingerprint density at radius 2 is 1.90 bits per heavy atom. The molecule has 0 N–H and O–H groups in total. The number of hydrogen-bond acceptors (Lipinski definition) is 6. The maximum atomic E-state index is 13.5. The molecule has 0 radical (unpaired) electrons. The molecule has 6 nitrogen and oxygen atoms in total. The van der Waals surface area contributed by atoms with E-state index in [0.29, 0.717) is 24.4 Å². The van der Waals surface area contributed by atoms with Gasteiger partial charge in [-0.05, 0) is 31.5 Å². The predicted octanol–water partition coefficient (Wildman–Crippen LogP) is 5.11. The van der Waals surface area contributed by atoms with E-state index in [1.807, 2.05) is 12.1 Å². The molecule has 0 bridgehead atoms. The second-order valence-electron chi connectivity index (χ2n) is 7.22. The molecule has 1 fully saturated rings. The maximum absolute atomic E-state index is 13.5. The molecule has 0 aromatic carbocycles. The summed E-state index contributed by atoms with van der Waals surface area (Å²) >= 11 is 5.87. The standard InChI is InChI=1S/C21H18ClF3N4O2/c1-11-26-8-16(15-6-19(22)28-9-17(15)21(23,24)25)20(29-11)31-10-12-5-14(12)18-4-3-13(30-2)7-27-18/h3-4,6-9,12,14H,5,10H2,1-2H3. The summed E-state index contributed by atoms with van der Waals surface area (Å²) in [6, 6.07) is 4.89. The Morgan fingerprint density at radius 3 is 2.58 bits per heavy atom. The molecular weight excluding hydrogens is 433 g/mol. The minimum absolute atomic E-state index is 0.0673. The normalized spacial score (nSPS) is 18.0. The van der Waals surface area contributed by atoms with Crippen LogP contribution in [0.2, 0.25) is 5.15 Å². The highest BCUT2D eigenvalue weighted by Crippen LogP contribution is 2.47. The van der Waals surface area contributed by atoms with Crippen molar-refractivity contribution in [2.75, 3.05) is 13.7 Å². The van der Waals surface area contributed by atoms with E-state index in [1.165, 1.54) is 6.20 Å². The lowest BCUT2D eigenvalue weighted by Gasteiger charge is -2.15. The first-order valence-electron chi connectivity index (χ1n) is 9.45. The summed E-state index contributed by atoms with van der Waals surface area (Å²) in [7, 11) is 1.58. The molecule has 1 aliphatic rings. The molecule has 10 heteroatoms. The molecule has 1 aliphatic carbocycles. The Morgan fingerprint density at radius 1 is 1.10 bits per heavy atom. The van der Waals surface area contributed by atoms with E-state index >= 15 is 0 Å². The van der Waals surface area contributed by atoms with E-state index in [0.717, 1.165) is 18.2 Å². The van der Waals surface area contributed by atoms with Gasteiger partial charge in [-0.2, -0.15) is 18.2 Å². The predicted molar refractivity (Wildman–Crippen MR) is 107 cm³/mol. The van der Waals surface area contributed by atoms with Crippen molar-refractivity contribution in [3.05, 3.63) is 59.0 Å². The summed E-state index contributed by atoms with van der Waals surface area (Å²) in [5.74, 6) is 1.55. The quantitative estimate of drug-likeness (QED) is 0.486. The largest absolute Gasteiger partial charge is 0.495 e. The molecule has 2 unspecified atom stereocenters. The molecule has 0 saturated heterocycles. The molecule has 3 aromatic rings. The third-order valence-corrected chi connectivity index (χ3v) is 5.28. The summed E-state index contributed by atoms with van der Waals surface area (Å²) in [5, 5.41) is -0.0673. The second kappa shape index (κ2) is 8.30. The van der Waals surface area contributed by atoms with E-state index in [4.69, 9.17) is 21.1 Å². The fourth-order valence-electron chi connectivity index (χ4n) is 3.33. The Balaban J connectivity index is 1.56. The molecule has 0 amide bonds. The summed E-state index contributed by atoms with van der Waals surface area (Å²) < 4.78 is 51.5. The Bertz CT molecular complexity index is 1090. The minimum atomic E-state index is -4.61. The Hall–Kier alpha value is -2.94. The van der Waals surface area contributed by atoms with Crippen LogP contribution in [0.15, 0.2) is 36.8 Å². The monoisotopic (exact) mass is 450 g/mol. The fourth-order valence-corrected chi connectivity index (χ4v) is 3.49. The SMILES string of the molecule is COc1ccc(C2CC2COc2nc(C)ncc2-c2cc(Cl)ncc2C(F)(F)F)nc1. The average Bonchev–Trinajstić information content (AvgIpc) is 3.51. The average molecular weight is 451 g/mol. The molecule has 0 aliphatic heterocycles. The number of nitrogens with zero attached hydrogens (tertiary/aromatic N) is 4. The molecule has 162 valence electrons. The van der Waals surface area contributed by atoms with Crippen LogP contribution < -0.4 is 9.47 Å². The topological polar surface area (TPSA) is 70.0 Å². The van der Waals surface area contributed by atoms with Gasteiger partial charge in [-0.3, -0.25) is 4.98 Å². The summed E-state index contributed by atoms with van der Waals surface area (Å²) in [5.41, 5.74) is -0.0663. The fraction of sp³-hybridized carbons (Fsp3) is 0.333. The van der Waals surface area contributed by atoms with Gasteiger partial charge in [0.1, 0.15) is 16.7 Å². The van der Waals surface area contributed by atoms with Gasteiger partial charge in [0.2, 0.25) is 5.88 Å². The lowest BCUT2D eigenvalue weighted by Crippen LogP contribution is -2.10. The second-order valence-corrected chi connectivity index (χ2v) is 7.61. The zero-order chi connectivity index (χ0) is 22.2. The molecular formula is C21H18ClF3N4O2. The van der Waals surface area contributed by atoms with Crippen LogP contribution in [0.1, 0.15) is 29.4 Å². The van der Waals surface area contributed by atoms with Crippen molar-refractivity contribution < 1.29 is 22.6 Å². The van der Waals surface area contributed by atoms with E-state index < -0.39 is 11.7 Å². The van der Waals surface area contributed by atoms with Crippen molar-refractivity contribution in [1.29, 1.82) is 0 Å². The number of alkyl halides is 3. The maximum Gasteiger partial charge on any atom is 0.418 e. The van der Waals surface area contributed by atoms with Gasteiger partial charge in [-0.25, -0.2) is 9.97 Å². The number of pyridine rings is 2. The van der Waals surface area contributed by atoms with Crippen molar-refractivity contribution >= 4 is 11.6 Å². The third kappa shape index (κ3) is 4.71. The number of methoxy groups -OCH3 is 1. The molecule has 0 spiro atoms. The number of halogens is 4. The lowest BCUT2D eigenvalue weighted by molar-refractivity contribution is -0.137. The van der Waals surface area contributed by atoms with Crippen LogP contribution in [0.3, 0.4) is 0 Å². The van der Waals surface area contributed by atoms with E-state index in [2.05, 4.69) is 19.9 Å². The van der Waals surface area contributed by atoms with Crippen molar-refractivity contribution in [2.24, 2.45) is 5.92 Å². The minimum Gasteiger partial charge on any atom is -0.495 e. The van der Waals surface area contributed by atoms with Crippen LogP contribution in [0.4, 0.5) is 13.2 Å². The van der Waals surface area contributed by atoms with E-state index in [9.17, 15) is 13.2 Å². The molecule has 2 atom stereocenters. The number of rotatable bonds is 6. The van der Waals surface area contributed by atoms with Crippen molar-refractivity contribution in [3.63, 3.8) is 0 Å². The zero-order valence-electron chi connectivity index (χ0n) is 16.7. The number of hydrogen-bond donors (Lipinski definition) is 0. The first-order chi connectivity index (χ1) is 14.8. The van der Waals surface area contributed by atoms with Crippen LogP contribution in [-0.4, -0.2) is 33.7 Å². The highest BCUT2D eigenvalue weighted by atomic mass is 35.5. The number of ether oxygens (including phenoxy) is 2. The van der Waals surface area contributed by atoms with Gasteiger partial charge in [0.15, 0.2) is 0 Å². The third-order valence-electron chi connectivity index (χ3n) is 5.07. The van der Waals surface area contributed by atoms with Crippen LogP contribution >= 0.6 is 11.6 Å². The highest BCUT2D eigenvalue weighted by molar-refractivity contribution is 6.29. The zero-order valence-corrected chi connectivity index (χ0v) is 17.4. The molecule has 1 saturated carbocycles. The first-order valence-corrected chi connectivity index (χ1v) is 9.83. The first kappa shape index (κ1) is 21.3. The van der Waals surface area contributed by atoms with Gasteiger partial charge in [0, 0.05) is 35.5 Å². The van der Waals surface area contributed by atoms with Crippen LogP contribution in [0, 0.1) is 12.8 Å². The Labute approximate surface area is 181 Å². The van der Waals surface area contributed by atoms with Crippen LogP contribution in [-0.2, 0) is 6.18 Å².